The van der Waals surface area contributed by atoms with Crippen LogP contribution in [-0.4, -0.2) is 0 Å². The number of nitrogen functional groups attached to an aromatic ring is 1. The molecule has 2 nitrogen and oxygen atoms in total. The molecule has 0 heterocycles. The molecule has 0 aliphatic rings. The Labute approximate surface area is 121 Å². The van der Waals surface area contributed by atoms with E-state index in [1.807, 2.05) is 19.9 Å². The molecule has 0 saturated heterocycles. The van der Waals surface area contributed by atoms with Gasteiger partial charge in [0.15, 0.2) is 0 Å². The van der Waals surface area contributed by atoms with Gasteiger partial charge in [-0.25, -0.2) is 0 Å². The average Bonchev–Trinajstić information content (AvgIpc) is 2.43. The first-order valence-electron chi connectivity index (χ1n) is 6.43. The first kappa shape index (κ1) is 15.2. The minimum atomic E-state index is -4.32. The molecule has 0 unspecified atom stereocenters. The zero-order chi connectivity index (χ0) is 15.6. The number of hydrogen-bond donors (Lipinski definition) is 1. The van der Waals surface area contributed by atoms with Gasteiger partial charge in [0.05, 0.1) is 5.56 Å². The van der Waals surface area contributed by atoms with Crippen LogP contribution in [0.4, 0.5) is 18.9 Å². The van der Waals surface area contributed by atoms with Crippen LogP contribution in [-0.2, 0) is 12.8 Å². The van der Waals surface area contributed by atoms with Gasteiger partial charge >= 0.3 is 6.18 Å². The van der Waals surface area contributed by atoms with Gasteiger partial charge in [0.25, 0.3) is 0 Å². The molecule has 0 fully saturated rings. The molecule has 0 bridgehead atoms. The summed E-state index contributed by atoms with van der Waals surface area (Å²) >= 11 is 0. The highest BCUT2D eigenvalue weighted by Gasteiger charge is 2.29. The molecule has 5 heteroatoms. The molecule has 2 rings (SSSR count). The van der Waals surface area contributed by atoms with Gasteiger partial charge in [-0.3, -0.25) is 0 Å². The number of halogens is 3. The van der Waals surface area contributed by atoms with Gasteiger partial charge < -0.3 is 10.5 Å². The van der Waals surface area contributed by atoms with Gasteiger partial charge in [0, 0.05) is 11.3 Å². The van der Waals surface area contributed by atoms with E-state index in [9.17, 15) is 13.2 Å². The summed E-state index contributed by atoms with van der Waals surface area (Å²) in [4.78, 5) is 0. The number of anilines is 1. The van der Waals surface area contributed by atoms with Crippen LogP contribution < -0.4 is 10.5 Å². The number of nitrogens with two attached hydrogens (primary N) is 1. The zero-order valence-corrected chi connectivity index (χ0v) is 11.8. The molecular formula is C16H16F3NO. The number of rotatable bonds is 3. The highest BCUT2D eigenvalue weighted by molar-refractivity contribution is 5.56. The van der Waals surface area contributed by atoms with Gasteiger partial charge in [0.1, 0.15) is 12.4 Å². The van der Waals surface area contributed by atoms with Gasteiger partial charge in [-0.2, -0.15) is 13.2 Å². The lowest BCUT2D eigenvalue weighted by Gasteiger charge is -2.14. The van der Waals surface area contributed by atoms with Crippen molar-refractivity contribution in [1.82, 2.24) is 0 Å². The van der Waals surface area contributed by atoms with Crippen LogP contribution in [0.3, 0.4) is 0 Å². The summed E-state index contributed by atoms with van der Waals surface area (Å²) in [7, 11) is 0. The van der Waals surface area contributed by atoms with Crippen LogP contribution in [0.5, 0.6) is 5.75 Å². The van der Waals surface area contributed by atoms with E-state index in [4.69, 9.17) is 10.5 Å². The topological polar surface area (TPSA) is 35.2 Å². The van der Waals surface area contributed by atoms with Gasteiger partial charge in [-0.05, 0) is 43.2 Å². The van der Waals surface area contributed by atoms with Crippen molar-refractivity contribution in [3.63, 3.8) is 0 Å². The maximum atomic E-state index is 12.5. The molecule has 2 N–H and O–H groups in total. The third-order valence-electron chi connectivity index (χ3n) is 3.31. The SMILES string of the molecule is Cc1ccc(N)c(C)c1OCc1ccc(C(F)(F)F)cc1. The highest BCUT2D eigenvalue weighted by atomic mass is 19.4. The first-order valence-corrected chi connectivity index (χ1v) is 6.43. The smallest absolute Gasteiger partial charge is 0.416 e. The molecule has 0 saturated carbocycles. The number of alkyl halides is 3. The quantitative estimate of drug-likeness (QED) is 0.847. The van der Waals surface area contributed by atoms with E-state index in [0.717, 1.165) is 23.3 Å². The molecule has 0 aliphatic carbocycles. The Hall–Kier alpha value is -2.17. The van der Waals surface area contributed by atoms with Crippen molar-refractivity contribution >= 4 is 5.69 Å². The van der Waals surface area contributed by atoms with E-state index >= 15 is 0 Å². The molecular weight excluding hydrogens is 279 g/mol. The van der Waals surface area contributed by atoms with E-state index in [2.05, 4.69) is 0 Å². The van der Waals surface area contributed by atoms with E-state index in [-0.39, 0.29) is 6.61 Å². The molecule has 0 aliphatic heterocycles. The molecule has 0 amide bonds. The van der Waals surface area contributed by atoms with Crippen LogP contribution in [0.1, 0.15) is 22.3 Å². The minimum absolute atomic E-state index is 0.198. The Morgan fingerprint density at radius 3 is 2.19 bits per heavy atom. The number of hydrogen-bond acceptors (Lipinski definition) is 2. The van der Waals surface area contributed by atoms with E-state index < -0.39 is 11.7 Å². The van der Waals surface area contributed by atoms with Crippen molar-refractivity contribution in [1.29, 1.82) is 0 Å². The molecule has 0 aromatic heterocycles. The summed E-state index contributed by atoms with van der Waals surface area (Å²) < 4.78 is 43.1. The summed E-state index contributed by atoms with van der Waals surface area (Å²) in [5.74, 6) is 0.676. The third kappa shape index (κ3) is 3.48. The van der Waals surface area contributed by atoms with Crippen molar-refractivity contribution in [2.45, 2.75) is 26.6 Å². The third-order valence-corrected chi connectivity index (χ3v) is 3.31. The summed E-state index contributed by atoms with van der Waals surface area (Å²) in [6, 6.07) is 8.59. The van der Waals surface area contributed by atoms with E-state index in [1.54, 1.807) is 6.07 Å². The Bertz CT molecular complexity index is 633. The van der Waals surface area contributed by atoms with E-state index in [1.165, 1.54) is 12.1 Å². The van der Waals surface area contributed by atoms with Gasteiger partial charge in [-0.15, -0.1) is 0 Å². The summed E-state index contributed by atoms with van der Waals surface area (Å²) in [5, 5.41) is 0. The number of benzene rings is 2. The number of aryl methyl sites for hydroxylation is 1. The van der Waals surface area contributed by atoms with Crippen molar-refractivity contribution in [2.24, 2.45) is 0 Å². The summed E-state index contributed by atoms with van der Waals surface area (Å²) in [6.45, 7) is 3.95. The predicted octanol–water partition coefficient (Wildman–Crippen LogP) is 4.48. The Morgan fingerprint density at radius 1 is 1.00 bits per heavy atom. The number of ether oxygens (including phenoxy) is 1. The predicted molar refractivity (Wildman–Crippen MR) is 76.1 cm³/mol. The minimum Gasteiger partial charge on any atom is -0.488 e. The average molecular weight is 295 g/mol. The van der Waals surface area contributed by atoms with Gasteiger partial charge in [-0.1, -0.05) is 18.2 Å². The monoisotopic (exact) mass is 295 g/mol. The molecule has 2 aromatic rings. The van der Waals surface area contributed by atoms with Gasteiger partial charge in [0.2, 0.25) is 0 Å². The second kappa shape index (κ2) is 5.68. The molecule has 0 spiro atoms. The fraction of sp³-hybridized carbons (Fsp3) is 0.250. The van der Waals surface area contributed by atoms with Crippen LogP contribution in [0, 0.1) is 13.8 Å². The normalized spacial score (nSPS) is 11.5. The van der Waals surface area contributed by atoms with Crippen LogP contribution >= 0.6 is 0 Å². The molecule has 0 atom stereocenters. The molecule has 2 aromatic carbocycles. The van der Waals surface area contributed by atoms with Crippen LogP contribution in [0.15, 0.2) is 36.4 Å². The Morgan fingerprint density at radius 2 is 1.62 bits per heavy atom. The molecule has 0 radical (unpaired) electrons. The lowest BCUT2D eigenvalue weighted by Crippen LogP contribution is -2.05. The highest BCUT2D eigenvalue weighted by Crippen LogP contribution is 2.30. The first-order chi connectivity index (χ1) is 9.79. The molecule has 112 valence electrons. The Kier molecular flexibility index (Phi) is 4.11. The Balaban J connectivity index is 2.12. The van der Waals surface area contributed by atoms with Crippen LogP contribution in [0.2, 0.25) is 0 Å². The maximum Gasteiger partial charge on any atom is 0.416 e. The maximum absolute atomic E-state index is 12.5. The fourth-order valence-electron chi connectivity index (χ4n) is 2.01. The molecule has 21 heavy (non-hydrogen) atoms. The van der Waals surface area contributed by atoms with Crippen molar-refractivity contribution in [3.05, 3.63) is 58.7 Å². The van der Waals surface area contributed by atoms with Crippen molar-refractivity contribution in [2.75, 3.05) is 5.73 Å². The van der Waals surface area contributed by atoms with Crippen molar-refractivity contribution < 1.29 is 17.9 Å². The second-order valence-electron chi connectivity index (χ2n) is 4.91. The summed E-state index contributed by atoms with van der Waals surface area (Å²) in [6.07, 6.45) is -4.32. The van der Waals surface area contributed by atoms with Crippen LogP contribution in [0.25, 0.3) is 0 Å². The lowest BCUT2D eigenvalue weighted by atomic mass is 10.1. The largest absolute Gasteiger partial charge is 0.488 e. The fourth-order valence-corrected chi connectivity index (χ4v) is 2.01. The van der Waals surface area contributed by atoms with E-state index in [0.29, 0.717) is 17.0 Å². The zero-order valence-electron chi connectivity index (χ0n) is 11.8. The second-order valence-corrected chi connectivity index (χ2v) is 4.91. The standard InChI is InChI=1S/C16H16F3NO/c1-10-3-8-14(20)11(2)15(10)21-9-12-4-6-13(7-5-12)16(17,18)19/h3-8H,9,20H2,1-2H3. The lowest BCUT2D eigenvalue weighted by molar-refractivity contribution is -0.137. The van der Waals surface area contributed by atoms with Crippen molar-refractivity contribution in [3.8, 4) is 5.75 Å². The summed E-state index contributed by atoms with van der Waals surface area (Å²) in [5.41, 5.74) is 8.23.